The summed E-state index contributed by atoms with van der Waals surface area (Å²) in [5.74, 6) is 1.48. The number of nitrogens with one attached hydrogen (secondary N) is 2. The summed E-state index contributed by atoms with van der Waals surface area (Å²) in [6, 6.07) is 7.74. The van der Waals surface area contributed by atoms with Gasteiger partial charge in [0.05, 0.1) is 19.8 Å². The third-order valence-corrected chi connectivity index (χ3v) is 5.48. The summed E-state index contributed by atoms with van der Waals surface area (Å²) in [6.07, 6.45) is 0.947. The lowest BCUT2D eigenvalue weighted by Crippen LogP contribution is -2.48. The number of benzene rings is 1. The van der Waals surface area contributed by atoms with Crippen LogP contribution in [0.15, 0.2) is 29.3 Å². The van der Waals surface area contributed by atoms with Gasteiger partial charge in [-0.3, -0.25) is 9.89 Å². The van der Waals surface area contributed by atoms with Crippen molar-refractivity contribution >= 4 is 29.9 Å². The van der Waals surface area contributed by atoms with Crippen LogP contribution < -0.4 is 10.6 Å². The Balaban J connectivity index is 0.00000280. The summed E-state index contributed by atoms with van der Waals surface area (Å²) in [6.45, 7) is 11.7. The minimum absolute atomic E-state index is 0. The van der Waals surface area contributed by atoms with Crippen molar-refractivity contribution in [2.75, 3.05) is 39.4 Å². The Morgan fingerprint density at radius 2 is 2.00 bits per heavy atom. The third-order valence-electron chi connectivity index (χ3n) is 5.48. The molecule has 0 bridgehead atoms. The van der Waals surface area contributed by atoms with E-state index in [-0.39, 0.29) is 41.8 Å². The Labute approximate surface area is 185 Å². The Bertz CT molecular complexity index is 637. The molecule has 3 unspecified atom stereocenters. The summed E-state index contributed by atoms with van der Waals surface area (Å²) in [5, 5.41) is 6.83. The molecule has 1 aromatic rings. The summed E-state index contributed by atoms with van der Waals surface area (Å²) in [5.41, 5.74) is 0.805. The van der Waals surface area contributed by atoms with E-state index in [0.29, 0.717) is 12.0 Å². The quantitative estimate of drug-likeness (QED) is 0.340. The van der Waals surface area contributed by atoms with Gasteiger partial charge in [0.15, 0.2) is 5.96 Å². The molecule has 0 spiro atoms. The highest BCUT2D eigenvalue weighted by Crippen LogP contribution is 2.41. The van der Waals surface area contributed by atoms with Gasteiger partial charge in [0, 0.05) is 37.6 Å². The largest absolute Gasteiger partial charge is 0.379 e. The minimum Gasteiger partial charge on any atom is -0.379 e. The molecule has 0 radical (unpaired) electrons. The Morgan fingerprint density at radius 1 is 1.29 bits per heavy atom. The fourth-order valence-corrected chi connectivity index (χ4v) is 3.81. The number of ether oxygens (including phenoxy) is 1. The first-order valence-electron chi connectivity index (χ1n) is 10.2. The molecule has 158 valence electrons. The van der Waals surface area contributed by atoms with Crippen molar-refractivity contribution in [3.63, 3.8) is 0 Å². The zero-order chi connectivity index (χ0) is 19.2. The van der Waals surface area contributed by atoms with Crippen molar-refractivity contribution in [2.45, 2.75) is 45.2 Å². The number of rotatable bonds is 7. The minimum atomic E-state index is -0.110. The molecule has 1 saturated carbocycles. The standard InChI is InChI=1S/C21H33FN4O.HI/c1-4-23-21(24-14-20(15(2)3)26-9-11-27-12-10-26)25-19-13-17(19)16-7-5-6-8-18(16)22;/h5-8,15,17,19-20H,4,9-14H2,1-3H3,(H2,23,24,25);1H. The Morgan fingerprint density at radius 3 is 2.64 bits per heavy atom. The molecule has 1 saturated heterocycles. The van der Waals surface area contributed by atoms with Crippen LogP contribution in [-0.4, -0.2) is 62.3 Å². The molecule has 2 N–H and O–H groups in total. The molecular formula is C21H34FIN4O. The number of aliphatic imine (C=N–C) groups is 1. The maximum absolute atomic E-state index is 14.0. The van der Waals surface area contributed by atoms with E-state index in [9.17, 15) is 4.39 Å². The van der Waals surface area contributed by atoms with Crippen molar-refractivity contribution in [1.29, 1.82) is 0 Å². The molecule has 1 heterocycles. The lowest BCUT2D eigenvalue weighted by atomic mass is 10.0. The van der Waals surface area contributed by atoms with Gasteiger partial charge in [-0.2, -0.15) is 0 Å². The van der Waals surface area contributed by atoms with E-state index in [1.54, 1.807) is 12.1 Å². The molecule has 5 nitrogen and oxygen atoms in total. The van der Waals surface area contributed by atoms with Gasteiger partial charge in [0.1, 0.15) is 5.82 Å². The normalized spacial score (nSPS) is 23.8. The maximum atomic E-state index is 14.0. The molecule has 3 atom stereocenters. The smallest absolute Gasteiger partial charge is 0.191 e. The third kappa shape index (κ3) is 6.29. The first-order chi connectivity index (χ1) is 13.1. The van der Waals surface area contributed by atoms with Crippen molar-refractivity contribution in [1.82, 2.24) is 15.5 Å². The van der Waals surface area contributed by atoms with Crippen LogP contribution in [0.4, 0.5) is 4.39 Å². The Hall–Kier alpha value is -0.930. The molecule has 2 aliphatic rings. The second-order valence-corrected chi connectivity index (χ2v) is 7.79. The van der Waals surface area contributed by atoms with E-state index in [2.05, 4.69) is 36.3 Å². The number of morpholine rings is 1. The molecular weight excluding hydrogens is 470 g/mol. The highest BCUT2D eigenvalue weighted by Gasteiger charge is 2.40. The number of hydrogen-bond acceptors (Lipinski definition) is 3. The molecule has 1 aromatic carbocycles. The van der Waals surface area contributed by atoms with Crippen LogP contribution in [0.1, 0.15) is 38.7 Å². The monoisotopic (exact) mass is 504 g/mol. The average molecular weight is 504 g/mol. The zero-order valence-corrected chi connectivity index (χ0v) is 19.5. The fourth-order valence-electron chi connectivity index (χ4n) is 3.81. The predicted molar refractivity (Wildman–Crippen MR) is 123 cm³/mol. The lowest BCUT2D eigenvalue weighted by molar-refractivity contribution is 0.00867. The zero-order valence-electron chi connectivity index (χ0n) is 17.2. The first-order valence-corrected chi connectivity index (χ1v) is 10.2. The van der Waals surface area contributed by atoms with E-state index in [1.807, 2.05) is 12.1 Å². The van der Waals surface area contributed by atoms with Gasteiger partial charge in [-0.25, -0.2) is 4.39 Å². The van der Waals surface area contributed by atoms with Crippen molar-refractivity contribution in [2.24, 2.45) is 10.9 Å². The molecule has 0 amide bonds. The van der Waals surface area contributed by atoms with E-state index in [0.717, 1.165) is 57.3 Å². The van der Waals surface area contributed by atoms with Crippen molar-refractivity contribution < 1.29 is 9.13 Å². The SMILES string of the molecule is CCNC(=NCC(C(C)C)N1CCOCC1)NC1CC1c1ccccc1F.I. The summed E-state index contributed by atoms with van der Waals surface area (Å²) < 4.78 is 19.5. The van der Waals surface area contributed by atoms with Gasteiger partial charge >= 0.3 is 0 Å². The number of hydrogen-bond donors (Lipinski definition) is 2. The molecule has 2 fully saturated rings. The molecule has 7 heteroatoms. The molecule has 0 aromatic heterocycles. The number of halogens is 2. The van der Waals surface area contributed by atoms with Crippen LogP contribution in [0.2, 0.25) is 0 Å². The van der Waals surface area contributed by atoms with Crippen LogP contribution in [0.3, 0.4) is 0 Å². The van der Waals surface area contributed by atoms with Crippen LogP contribution in [0.25, 0.3) is 0 Å². The predicted octanol–water partition coefficient (Wildman–Crippen LogP) is 3.21. The molecule has 3 rings (SSSR count). The van der Waals surface area contributed by atoms with Gasteiger partial charge in [-0.1, -0.05) is 32.0 Å². The van der Waals surface area contributed by atoms with E-state index in [4.69, 9.17) is 9.73 Å². The number of nitrogens with zero attached hydrogens (tertiary/aromatic N) is 2. The van der Waals surface area contributed by atoms with Crippen molar-refractivity contribution in [3.8, 4) is 0 Å². The summed E-state index contributed by atoms with van der Waals surface area (Å²) in [7, 11) is 0. The summed E-state index contributed by atoms with van der Waals surface area (Å²) >= 11 is 0. The summed E-state index contributed by atoms with van der Waals surface area (Å²) in [4.78, 5) is 7.35. The lowest BCUT2D eigenvalue weighted by Gasteiger charge is -2.36. The topological polar surface area (TPSA) is 48.9 Å². The van der Waals surface area contributed by atoms with E-state index in [1.165, 1.54) is 0 Å². The van der Waals surface area contributed by atoms with Crippen LogP contribution in [0.5, 0.6) is 0 Å². The average Bonchev–Trinajstić information content (AvgIpc) is 3.42. The molecule has 1 aliphatic heterocycles. The maximum Gasteiger partial charge on any atom is 0.191 e. The van der Waals surface area contributed by atoms with E-state index < -0.39 is 0 Å². The Kier molecular flexibility index (Phi) is 9.43. The van der Waals surface area contributed by atoms with E-state index >= 15 is 0 Å². The molecule has 1 aliphatic carbocycles. The highest BCUT2D eigenvalue weighted by atomic mass is 127. The van der Waals surface area contributed by atoms with Gasteiger partial charge in [0.2, 0.25) is 0 Å². The fraction of sp³-hybridized carbons (Fsp3) is 0.667. The van der Waals surface area contributed by atoms with Gasteiger partial charge in [0.25, 0.3) is 0 Å². The van der Waals surface area contributed by atoms with Gasteiger partial charge in [-0.05, 0) is 30.9 Å². The van der Waals surface area contributed by atoms with Gasteiger partial charge in [-0.15, -0.1) is 24.0 Å². The second kappa shape index (κ2) is 11.3. The molecule has 28 heavy (non-hydrogen) atoms. The number of guanidine groups is 1. The second-order valence-electron chi connectivity index (χ2n) is 7.79. The first kappa shape index (κ1) is 23.3. The van der Waals surface area contributed by atoms with Gasteiger partial charge < -0.3 is 15.4 Å². The highest BCUT2D eigenvalue weighted by molar-refractivity contribution is 14.0. The van der Waals surface area contributed by atoms with Crippen LogP contribution in [-0.2, 0) is 4.74 Å². The van der Waals surface area contributed by atoms with Crippen molar-refractivity contribution in [3.05, 3.63) is 35.6 Å². The van der Waals surface area contributed by atoms with Crippen LogP contribution in [0, 0.1) is 11.7 Å². The van der Waals surface area contributed by atoms with Crippen LogP contribution >= 0.6 is 24.0 Å².